The van der Waals surface area contributed by atoms with E-state index in [1.807, 2.05) is 63.7 Å². The number of anilines is 2. The molecule has 0 spiro atoms. The van der Waals surface area contributed by atoms with E-state index in [0.717, 1.165) is 34.7 Å². The van der Waals surface area contributed by atoms with Crippen LogP contribution in [0, 0.1) is 5.92 Å². The van der Waals surface area contributed by atoms with Crippen LogP contribution in [0.4, 0.5) is 11.4 Å². The minimum Gasteiger partial charge on any atom is -0.377 e. The first-order valence-electron chi connectivity index (χ1n) is 10.8. The number of hydrogen-bond donors (Lipinski definition) is 1. The van der Waals surface area contributed by atoms with Crippen LogP contribution < -0.4 is 10.2 Å². The number of hydrogen-bond acceptors (Lipinski definition) is 4. The fraction of sp³-hybridized carbons (Fsp3) is 0.500. The summed E-state index contributed by atoms with van der Waals surface area (Å²) >= 11 is 1.50. The monoisotopic (exact) mass is 427 g/mol. The Morgan fingerprint density at radius 3 is 2.47 bits per heavy atom. The van der Waals surface area contributed by atoms with Gasteiger partial charge in [-0.3, -0.25) is 9.59 Å². The lowest BCUT2D eigenvalue weighted by molar-refractivity contribution is -0.118. The van der Waals surface area contributed by atoms with E-state index in [1.54, 1.807) is 0 Å². The van der Waals surface area contributed by atoms with Gasteiger partial charge in [0.05, 0.1) is 4.88 Å². The minimum absolute atomic E-state index is 0.00245. The highest BCUT2D eigenvalue weighted by Crippen LogP contribution is 2.30. The van der Waals surface area contributed by atoms with Crippen LogP contribution >= 0.6 is 11.3 Å². The molecule has 1 saturated carbocycles. The van der Waals surface area contributed by atoms with E-state index in [9.17, 15) is 9.59 Å². The van der Waals surface area contributed by atoms with Crippen LogP contribution in [-0.2, 0) is 11.3 Å². The molecule has 0 radical (unpaired) electrons. The molecule has 0 bridgehead atoms. The predicted octanol–water partition coefficient (Wildman–Crippen LogP) is 5.38. The lowest BCUT2D eigenvalue weighted by atomic mass is 9.93. The van der Waals surface area contributed by atoms with Crippen LogP contribution in [0.5, 0.6) is 0 Å². The van der Waals surface area contributed by atoms with Crippen molar-refractivity contribution in [3.8, 4) is 0 Å². The largest absolute Gasteiger partial charge is 0.377 e. The third-order valence-corrected chi connectivity index (χ3v) is 6.56. The van der Waals surface area contributed by atoms with Crippen LogP contribution in [0.1, 0.15) is 61.2 Å². The van der Waals surface area contributed by atoms with Crippen LogP contribution in [0.3, 0.4) is 0 Å². The molecule has 5 nitrogen and oxygen atoms in total. The summed E-state index contributed by atoms with van der Waals surface area (Å²) in [4.78, 5) is 30.5. The highest BCUT2D eigenvalue weighted by Gasteiger charge is 2.28. The van der Waals surface area contributed by atoms with Crippen molar-refractivity contribution in [1.82, 2.24) is 4.90 Å². The van der Waals surface area contributed by atoms with Crippen LogP contribution in [-0.4, -0.2) is 36.9 Å². The predicted molar refractivity (Wildman–Crippen MR) is 125 cm³/mol. The van der Waals surface area contributed by atoms with Gasteiger partial charge in [-0.1, -0.05) is 39.2 Å². The van der Waals surface area contributed by atoms with Gasteiger partial charge in [0.15, 0.2) is 0 Å². The van der Waals surface area contributed by atoms with Gasteiger partial charge in [0.25, 0.3) is 5.91 Å². The van der Waals surface area contributed by atoms with E-state index in [4.69, 9.17) is 0 Å². The molecule has 0 atom stereocenters. The van der Waals surface area contributed by atoms with Crippen molar-refractivity contribution in [2.45, 2.75) is 58.5 Å². The maximum absolute atomic E-state index is 13.4. The summed E-state index contributed by atoms with van der Waals surface area (Å²) in [6.45, 7) is 4.31. The number of thiophene rings is 1. The molecule has 0 saturated heterocycles. The van der Waals surface area contributed by atoms with Gasteiger partial charge in [0.2, 0.25) is 5.91 Å². The summed E-state index contributed by atoms with van der Waals surface area (Å²) in [6.07, 6.45) is 5.70. The number of benzene rings is 1. The Kier molecular flexibility index (Phi) is 7.53. The Hall–Kier alpha value is -2.34. The summed E-state index contributed by atoms with van der Waals surface area (Å²) in [5.41, 5.74) is 2.90. The van der Waals surface area contributed by atoms with Crippen LogP contribution in [0.25, 0.3) is 0 Å². The van der Waals surface area contributed by atoms with Crippen molar-refractivity contribution in [2.24, 2.45) is 5.92 Å². The van der Waals surface area contributed by atoms with Crippen molar-refractivity contribution in [3.05, 3.63) is 46.2 Å². The lowest BCUT2D eigenvalue weighted by Gasteiger charge is -2.35. The van der Waals surface area contributed by atoms with E-state index in [0.29, 0.717) is 6.54 Å². The summed E-state index contributed by atoms with van der Waals surface area (Å²) < 4.78 is 0. The smallest absolute Gasteiger partial charge is 0.264 e. The molecule has 1 aliphatic carbocycles. The number of amides is 2. The van der Waals surface area contributed by atoms with Gasteiger partial charge in [-0.2, -0.15) is 0 Å². The summed E-state index contributed by atoms with van der Waals surface area (Å²) in [5, 5.41) is 4.96. The van der Waals surface area contributed by atoms with Crippen LogP contribution in [0.15, 0.2) is 35.7 Å². The molecule has 1 heterocycles. The number of carbonyl (C=O) groups is 2. The highest BCUT2D eigenvalue weighted by atomic mass is 32.1. The van der Waals surface area contributed by atoms with Gasteiger partial charge in [-0.05, 0) is 48.1 Å². The number of carbonyl (C=O) groups excluding carboxylic acids is 2. The molecule has 1 aromatic carbocycles. The maximum Gasteiger partial charge on any atom is 0.264 e. The van der Waals surface area contributed by atoms with E-state index in [1.165, 1.54) is 30.6 Å². The first kappa shape index (κ1) is 22.3. The number of nitrogens with zero attached hydrogens (tertiary/aromatic N) is 2. The molecule has 30 heavy (non-hydrogen) atoms. The van der Waals surface area contributed by atoms with Gasteiger partial charge < -0.3 is 15.1 Å². The normalized spacial score (nSPS) is 14.6. The first-order chi connectivity index (χ1) is 14.4. The SMILES string of the molecule is CC(C)C(=O)Nc1ccc(N(C)C)c(CN(C(=O)c2cccs2)C2CCCCC2)c1. The van der Waals surface area contributed by atoms with Crippen molar-refractivity contribution < 1.29 is 9.59 Å². The molecule has 1 N–H and O–H groups in total. The molecular formula is C24H33N3O2S. The Balaban J connectivity index is 1.93. The first-order valence-corrected chi connectivity index (χ1v) is 11.7. The van der Waals surface area contributed by atoms with E-state index in [2.05, 4.69) is 15.1 Å². The molecule has 6 heteroatoms. The fourth-order valence-electron chi connectivity index (χ4n) is 4.00. The van der Waals surface area contributed by atoms with Crippen molar-refractivity contribution in [1.29, 1.82) is 0 Å². The molecule has 1 fully saturated rings. The second kappa shape index (κ2) is 10.1. The Bertz CT molecular complexity index is 855. The maximum atomic E-state index is 13.4. The molecule has 0 aliphatic heterocycles. The number of nitrogens with one attached hydrogen (secondary N) is 1. The van der Waals surface area contributed by atoms with Gasteiger partial charge in [-0.15, -0.1) is 11.3 Å². The second-order valence-electron chi connectivity index (χ2n) is 8.58. The third kappa shape index (κ3) is 5.42. The number of rotatable bonds is 7. The molecule has 0 unspecified atom stereocenters. The molecular weight excluding hydrogens is 394 g/mol. The molecule has 162 valence electrons. The zero-order valence-corrected chi connectivity index (χ0v) is 19.3. The summed E-state index contributed by atoms with van der Waals surface area (Å²) in [7, 11) is 4.02. The average Bonchev–Trinajstić information content (AvgIpc) is 3.27. The zero-order chi connectivity index (χ0) is 21.7. The van der Waals surface area contributed by atoms with E-state index >= 15 is 0 Å². The summed E-state index contributed by atoms with van der Waals surface area (Å²) in [5.74, 6) is 0.0247. The molecule has 2 aromatic rings. The van der Waals surface area contributed by atoms with Crippen LogP contribution in [0.2, 0.25) is 0 Å². The van der Waals surface area contributed by atoms with Gasteiger partial charge in [0, 0.05) is 44.0 Å². The Labute approximate surface area is 184 Å². The zero-order valence-electron chi connectivity index (χ0n) is 18.5. The third-order valence-electron chi connectivity index (χ3n) is 5.70. The lowest BCUT2D eigenvalue weighted by Crippen LogP contribution is -2.41. The molecule has 2 amide bonds. The standard InChI is InChI=1S/C24H33N3O2S/c1-17(2)23(28)25-19-12-13-21(26(3)4)18(15-19)16-27(20-9-6-5-7-10-20)24(29)22-11-8-14-30-22/h8,11-15,17,20H,5-7,9-10,16H2,1-4H3,(H,25,28). The fourth-order valence-corrected chi connectivity index (χ4v) is 4.68. The molecule has 1 aliphatic rings. The average molecular weight is 428 g/mol. The Morgan fingerprint density at radius 2 is 1.87 bits per heavy atom. The van der Waals surface area contributed by atoms with Gasteiger partial charge >= 0.3 is 0 Å². The van der Waals surface area contributed by atoms with E-state index in [-0.39, 0.29) is 23.8 Å². The van der Waals surface area contributed by atoms with Crippen molar-refractivity contribution >= 4 is 34.5 Å². The molecule has 1 aromatic heterocycles. The minimum atomic E-state index is -0.0823. The highest BCUT2D eigenvalue weighted by molar-refractivity contribution is 7.12. The quantitative estimate of drug-likeness (QED) is 0.645. The van der Waals surface area contributed by atoms with Gasteiger partial charge in [0.1, 0.15) is 0 Å². The summed E-state index contributed by atoms with van der Waals surface area (Å²) in [6, 6.07) is 10.1. The molecule has 3 rings (SSSR count). The second-order valence-corrected chi connectivity index (χ2v) is 9.53. The van der Waals surface area contributed by atoms with Crippen molar-refractivity contribution in [2.75, 3.05) is 24.3 Å². The van der Waals surface area contributed by atoms with E-state index < -0.39 is 0 Å². The Morgan fingerprint density at radius 1 is 1.13 bits per heavy atom. The van der Waals surface area contributed by atoms with Gasteiger partial charge in [-0.25, -0.2) is 0 Å². The topological polar surface area (TPSA) is 52.7 Å². The van der Waals surface area contributed by atoms with Crippen molar-refractivity contribution in [3.63, 3.8) is 0 Å².